The Balaban J connectivity index is 2.66. The molecule has 1 saturated carbocycles. The average molecular weight is 556 g/mol. The van der Waals surface area contributed by atoms with E-state index in [1.807, 2.05) is 0 Å². The Morgan fingerprint density at radius 2 is 1.72 bits per heavy atom. The Morgan fingerprint density at radius 1 is 1.19 bits per heavy atom. The Bertz CT molecular complexity index is 1030. The van der Waals surface area contributed by atoms with Crippen LogP contribution >= 0.6 is 15.9 Å². The molecule has 0 radical (unpaired) electrons. The molecule has 2 rings (SSSR count). The zero-order valence-electron chi connectivity index (χ0n) is 19.7. The highest BCUT2D eigenvalue weighted by Crippen LogP contribution is 2.57. The highest BCUT2D eigenvalue weighted by Gasteiger charge is 2.69. The Hall–Kier alpha value is -1.04. The first-order valence-electron chi connectivity index (χ1n) is 10.2. The van der Waals surface area contributed by atoms with Crippen molar-refractivity contribution in [2.24, 2.45) is 0 Å². The molecule has 0 aliphatic heterocycles. The van der Waals surface area contributed by atoms with Crippen molar-refractivity contribution in [1.29, 1.82) is 0 Å². The minimum absolute atomic E-state index is 0.0446. The van der Waals surface area contributed by atoms with E-state index in [2.05, 4.69) is 20.7 Å². The van der Waals surface area contributed by atoms with Crippen LogP contribution in [0.5, 0.6) is 0 Å². The van der Waals surface area contributed by atoms with Crippen LogP contribution in [0.1, 0.15) is 66.9 Å². The van der Waals surface area contributed by atoms with Crippen LogP contribution in [0, 0.1) is 5.82 Å². The molecule has 1 fully saturated rings. The van der Waals surface area contributed by atoms with Crippen LogP contribution in [-0.4, -0.2) is 45.2 Å². The van der Waals surface area contributed by atoms with Gasteiger partial charge in [0.05, 0.1) is 21.3 Å². The van der Waals surface area contributed by atoms with Crippen molar-refractivity contribution in [3.05, 3.63) is 34.1 Å². The van der Waals surface area contributed by atoms with Crippen molar-refractivity contribution in [2.75, 3.05) is 7.05 Å². The van der Waals surface area contributed by atoms with Gasteiger partial charge in [0.15, 0.2) is 0 Å². The number of carbonyl (C=O) groups is 1. The normalized spacial score (nSPS) is 19.1. The summed E-state index contributed by atoms with van der Waals surface area (Å²) in [6, 6.07) is 4.20. The first kappa shape index (κ1) is 27.2. The van der Waals surface area contributed by atoms with E-state index in [9.17, 15) is 17.4 Å². The smallest absolute Gasteiger partial charge is 0.423 e. The van der Waals surface area contributed by atoms with Crippen LogP contribution in [0.2, 0.25) is 0 Å². The number of halogens is 2. The molecule has 0 unspecified atom stereocenters. The number of nitrogens with one attached hydrogen (secondary N) is 1. The van der Waals surface area contributed by atoms with Crippen molar-refractivity contribution in [3.63, 3.8) is 0 Å². The quantitative estimate of drug-likeness (QED) is 0.555. The lowest BCUT2D eigenvalue weighted by Crippen LogP contribution is -2.60. The second-order valence-electron chi connectivity index (χ2n) is 10.2. The molecular formula is C21H32BrFN2O5S2. The van der Waals surface area contributed by atoms with Crippen LogP contribution in [-0.2, 0) is 31.3 Å². The Morgan fingerprint density at radius 3 is 2.16 bits per heavy atom. The summed E-state index contributed by atoms with van der Waals surface area (Å²) >= 11 is 3.31. The molecule has 1 N–H and O–H groups in total. The van der Waals surface area contributed by atoms with Crippen molar-refractivity contribution in [3.8, 4) is 0 Å². The number of rotatable bonds is 6. The second-order valence-corrected chi connectivity index (χ2v) is 15.3. The van der Waals surface area contributed by atoms with E-state index >= 15 is 4.39 Å². The van der Waals surface area contributed by atoms with Gasteiger partial charge < -0.3 is 4.74 Å². The van der Waals surface area contributed by atoms with Gasteiger partial charge >= 0.3 is 6.09 Å². The molecule has 0 saturated heterocycles. The molecule has 1 aliphatic rings. The molecule has 1 aromatic rings. The number of carbonyl (C=O) groups excluding carboxylic acids is 1. The van der Waals surface area contributed by atoms with Crippen LogP contribution in [0.3, 0.4) is 0 Å². The molecule has 0 heterocycles. The average Bonchev–Trinajstić information content (AvgIpc) is 3.43. The van der Waals surface area contributed by atoms with Gasteiger partial charge in [0.2, 0.25) is 10.0 Å². The fourth-order valence-electron chi connectivity index (χ4n) is 3.43. The number of nitrogens with zero attached hydrogens (tertiary/aromatic N) is 1. The van der Waals surface area contributed by atoms with Crippen LogP contribution < -0.4 is 4.72 Å². The predicted octanol–water partition coefficient (Wildman–Crippen LogP) is 4.58. The van der Waals surface area contributed by atoms with Crippen LogP contribution in [0.15, 0.2) is 22.7 Å². The minimum atomic E-state index is -4.35. The lowest BCUT2D eigenvalue weighted by atomic mass is 9.87. The summed E-state index contributed by atoms with van der Waals surface area (Å²) in [7, 11) is -4.95. The van der Waals surface area contributed by atoms with Crippen LogP contribution in [0.4, 0.5) is 9.18 Å². The molecule has 11 heteroatoms. The van der Waals surface area contributed by atoms with Crippen LogP contribution in [0.25, 0.3) is 0 Å². The molecule has 2 atom stereocenters. The molecule has 0 spiro atoms. The molecule has 32 heavy (non-hydrogen) atoms. The lowest BCUT2D eigenvalue weighted by molar-refractivity contribution is 0.0417. The fourth-order valence-corrected chi connectivity index (χ4v) is 6.89. The summed E-state index contributed by atoms with van der Waals surface area (Å²) in [5, 5.41) is 0. The lowest BCUT2D eigenvalue weighted by Gasteiger charge is -2.41. The maximum absolute atomic E-state index is 15.1. The van der Waals surface area contributed by atoms with Gasteiger partial charge in [-0.15, -0.1) is 0 Å². The van der Waals surface area contributed by atoms with Gasteiger partial charge in [0.1, 0.15) is 16.2 Å². The van der Waals surface area contributed by atoms with Crippen molar-refractivity contribution >= 4 is 43.0 Å². The summed E-state index contributed by atoms with van der Waals surface area (Å²) < 4.78 is 62.6. The molecule has 0 aromatic heterocycles. The van der Waals surface area contributed by atoms with Gasteiger partial charge in [-0.3, -0.25) is 0 Å². The number of ether oxygens (including phenoxy) is 1. The van der Waals surface area contributed by atoms with E-state index in [0.29, 0.717) is 8.78 Å². The second kappa shape index (κ2) is 8.63. The molecule has 1 aromatic carbocycles. The number of benzene rings is 1. The van der Waals surface area contributed by atoms with Gasteiger partial charge in [-0.2, -0.15) is 0 Å². The predicted molar refractivity (Wildman–Crippen MR) is 127 cm³/mol. The minimum Gasteiger partial charge on any atom is -0.443 e. The summed E-state index contributed by atoms with van der Waals surface area (Å²) in [5.41, 5.74) is -2.46. The molecule has 0 bridgehead atoms. The largest absolute Gasteiger partial charge is 0.443 e. The highest BCUT2D eigenvalue weighted by molar-refractivity contribution is 9.10. The van der Waals surface area contributed by atoms with Gasteiger partial charge in [0.25, 0.3) is 0 Å². The van der Waals surface area contributed by atoms with Crippen molar-refractivity contribution < 1.29 is 26.5 Å². The van der Waals surface area contributed by atoms with E-state index in [1.165, 1.54) is 25.1 Å². The molecule has 1 aliphatic carbocycles. The van der Waals surface area contributed by atoms with Gasteiger partial charge in [-0.1, -0.05) is 15.9 Å². The van der Waals surface area contributed by atoms with E-state index in [4.69, 9.17) is 4.74 Å². The van der Waals surface area contributed by atoms with E-state index < -0.39 is 53.6 Å². The first-order valence-corrected chi connectivity index (χ1v) is 13.5. The summed E-state index contributed by atoms with van der Waals surface area (Å²) in [6.45, 7) is 11.6. The molecule has 7 nitrogen and oxygen atoms in total. The number of amides is 1. The van der Waals surface area contributed by atoms with Gasteiger partial charge in [-0.25, -0.2) is 30.8 Å². The summed E-state index contributed by atoms with van der Waals surface area (Å²) in [4.78, 5) is 12.6. The third kappa shape index (κ3) is 5.05. The number of sulfonamides is 1. The summed E-state index contributed by atoms with van der Waals surface area (Å²) in [6.07, 6.45) is -0.726. The zero-order chi connectivity index (χ0) is 24.9. The number of hydrogen-bond acceptors (Lipinski definition) is 5. The summed E-state index contributed by atoms with van der Waals surface area (Å²) in [5.74, 6) is -0.643. The molecule has 182 valence electrons. The van der Waals surface area contributed by atoms with Crippen molar-refractivity contribution in [1.82, 2.24) is 9.03 Å². The Labute approximate surface area is 201 Å². The Kier molecular flexibility index (Phi) is 7.34. The van der Waals surface area contributed by atoms with E-state index in [1.54, 1.807) is 41.5 Å². The van der Waals surface area contributed by atoms with Crippen molar-refractivity contribution in [2.45, 2.75) is 81.9 Å². The zero-order valence-corrected chi connectivity index (χ0v) is 22.9. The maximum Gasteiger partial charge on any atom is 0.423 e. The standard InChI is InChI=1S/C21H32BrFN2O5S2/c1-18(2,3)30-17(26)25(8)32(28,29)21(11-12-21)20(7,24-31(27)19(4,5)6)15-13-14(22)9-10-16(15)23/h9-10,13,24H,11-12H2,1-8H3/t20-,31-/m1/s1. The number of hydrogen-bond donors (Lipinski definition) is 1. The maximum atomic E-state index is 15.1. The third-order valence-electron chi connectivity index (χ3n) is 5.44. The first-order chi connectivity index (χ1) is 14.3. The molecular weight excluding hydrogens is 523 g/mol. The van der Waals surface area contributed by atoms with Gasteiger partial charge in [-0.05, 0) is 79.5 Å². The topological polar surface area (TPSA) is 92.8 Å². The monoisotopic (exact) mass is 554 g/mol. The SMILES string of the molecule is CN(C(=O)OC(C)(C)C)S(=O)(=O)C1([C@](C)(N[S@](=O)C(C)(C)C)c2cc(Br)ccc2F)CC1. The highest BCUT2D eigenvalue weighted by atomic mass is 79.9. The van der Waals surface area contributed by atoms with Gasteiger partial charge in [0, 0.05) is 17.1 Å². The van der Waals surface area contributed by atoms with E-state index in [-0.39, 0.29) is 18.4 Å². The fraction of sp³-hybridized carbons (Fsp3) is 0.667. The third-order valence-corrected chi connectivity index (χ3v) is 10.3. The van der Waals surface area contributed by atoms with E-state index in [0.717, 1.165) is 7.05 Å². The molecule has 1 amide bonds.